The van der Waals surface area contributed by atoms with Gasteiger partial charge in [-0.05, 0) is 18.6 Å². The lowest BCUT2D eigenvalue weighted by Gasteiger charge is -2.19. The number of nitrogens with zero attached hydrogens (tertiary/aromatic N) is 1. The van der Waals surface area contributed by atoms with Crippen molar-refractivity contribution in [1.82, 2.24) is 10.6 Å². The zero-order chi connectivity index (χ0) is 14.8. The first-order valence-corrected chi connectivity index (χ1v) is 6.63. The normalized spacial score (nSPS) is 9.90. The van der Waals surface area contributed by atoms with Gasteiger partial charge in [-0.25, -0.2) is 0 Å². The van der Waals surface area contributed by atoms with Crippen LogP contribution in [0, 0.1) is 0 Å². The van der Waals surface area contributed by atoms with Gasteiger partial charge in [-0.1, -0.05) is 18.2 Å². The second-order valence-corrected chi connectivity index (χ2v) is 4.44. The van der Waals surface area contributed by atoms with Gasteiger partial charge < -0.3 is 21.3 Å². The van der Waals surface area contributed by atoms with Gasteiger partial charge >= 0.3 is 0 Å². The number of rotatable bonds is 8. The smallest absolute Gasteiger partial charge is 0.239 e. The molecule has 0 radical (unpaired) electrons. The highest BCUT2D eigenvalue weighted by atomic mass is 16.2. The zero-order valence-electron chi connectivity index (χ0n) is 11.8. The molecule has 20 heavy (non-hydrogen) atoms. The van der Waals surface area contributed by atoms with Crippen LogP contribution >= 0.6 is 0 Å². The number of carbonyl (C=O) groups is 2. The Morgan fingerprint density at radius 1 is 1.15 bits per heavy atom. The Morgan fingerprint density at radius 3 is 2.50 bits per heavy atom. The summed E-state index contributed by atoms with van der Waals surface area (Å²) in [7, 11) is 2.01. The molecular weight excluding hydrogens is 256 g/mol. The SMILES string of the molecule is CN(CCCNC(=O)CNC(=O)CN)c1ccccc1. The molecule has 0 saturated heterocycles. The number of anilines is 1. The monoisotopic (exact) mass is 278 g/mol. The minimum absolute atomic E-state index is 0.0233. The molecule has 1 rings (SSSR count). The van der Waals surface area contributed by atoms with Crippen LogP contribution < -0.4 is 21.3 Å². The Hall–Kier alpha value is -2.08. The van der Waals surface area contributed by atoms with Crippen molar-refractivity contribution in [2.75, 3.05) is 38.1 Å². The van der Waals surface area contributed by atoms with E-state index in [1.807, 2.05) is 37.4 Å². The van der Waals surface area contributed by atoms with E-state index in [1.165, 1.54) is 0 Å². The Balaban J connectivity index is 2.12. The van der Waals surface area contributed by atoms with Gasteiger partial charge in [-0.15, -0.1) is 0 Å². The van der Waals surface area contributed by atoms with Crippen molar-refractivity contribution in [2.24, 2.45) is 5.73 Å². The lowest BCUT2D eigenvalue weighted by molar-refractivity contribution is -0.125. The van der Waals surface area contributed by atoms with Crippen molar-refractivity contribution in [3.05, 3.63) is 30.3 Å². The van der Waals surface area contributed by atoms with Crippen LogP contribution in [0.5, 0.6) is 0 Å². The fourth-order valence-electron chi connectivity index (χ4n) is 1.67. The average Bonchev–Trinajstić information content (AvgIpc) is 2.49. The minimum Gasteiger partial charge on any atom is -0.375 e. The first-order chi connectivity index (χ1) is 9.63. The van der Waals surface area contributed by atoms with Crippen LogP contribution in [-0.4, -0.2) is 45.0 Å². The number of carbonyl (C=O) groups excluding carboxylic acids is 2. The number of nitrogens with one attached hydrogen (secondary N) is 2. The van der Waals surface area contributed by atoms with Gasteiger partial charge in [0.25, 0.3) is 0 Å². The van der Waals surface area contributed by atoms with Crippen LogP contribution in [0.4, 0.5) is 5.69 Å². The van der Waals surface area contributed by atoms with Crippen molar-refractivity contribution < 1.29 is 9.59 Å². The number of nitrogens with two attached hydrogens (primary N) is 1. The first kappa shape index (κ1) is 16.0. The first-order valence-electron chi connectivity index (χ1n) is 6.63. The maximum Gasteiger partial charge on any atom is 0.239 e. The lowest BCUT2D eigenvalue weighted by Crippen LogP contribution is -2.40. The molecule has 0 heterocycles. The number of para-hydroxylation sites is 1. The Kier molecular flexibility index (Phi) is 7.13. The lowest BCUT2D eigenvalue weighted by atomic mass is 10.3. The molecule has 0 aliphatic rings. The Morgan fingerprint density at radius 2 is 1.85 bits per heavy atom. The molecule has 0 spiro atoms. The second-order valence-electron chi connectivity index (χ2n) is 4.44. The summed E-state index contributed by atoms with van der Waals surface area (Å²) in [5.41, 5.74) is 6.27. The van der Waals surface area contributed by atoms with Crippen LogP contribution in [0.15, 0.2) is 30.3 Å². The predicted octanol–water partition coefficient (Wildman–Crippen LogP) is -0.296. The van der Waals surface area contributed by atoms with E-state index in [0.29, 0.717) is 6.54 Å². The molecule has 0 atom stereocenters. The van der Waals surface area contributed by atoms with Crippen LogP contribution in [0.1, 0.15) is 6.42 Å². The quantitative estimate of drug-likeness (QED) is 0.570. The van der Waals surface area contributed by atoms with E-state index < -0.39 is 0 Å². The molecule has 2 amide bonds. The molecule has 1 aromatic carbocycles. The molecule has 0 aromatic heterocycles. The van der Waals surface area contributed by atoms with Gasteiger partial charge in [-0.2, -0.15) is 0 Å². The molecule has 0 unspecified atom stereocenters. The van der Waals surface area contributed by atoms with Gasteiger partial charge in [-0.3, -0.25) is 9.59 Å². The molecule has 0 aliphatic heterocycles. The highest BCUT2D eigenvalue weighted by Crippen LogP contribution is 2.10. The van der Waals surface area contributed by atoms with E-state index in [4.69, 9.17) is 5.73 Å². The number of hydrogen-bond acceptors (Lipinski definition) is 4. The third kappa shape index (κ3) is 6.19. The molecule has 0 bridgehead atoms. The molecule has 0 fully saturated rings. The van der Waals surface area contributed by atoms with Crippen LogP contribution in [0.25, 0.3) is 0 Å². The molecule has 0 aliphatic carbocycles. The fourth-order valence-corrected chi connectivity index (χ4v) is 1.67. The summed E-state index contributed by atoms with van der Waals surface area (Å²) < 4.78 is 0. The van der Waals surface area contributed by atoms with Gasteiger partial charge in [0.2, 0.25) is 11.8 Å². The predicted molar refractivity (Wildman–Crippen MR) is 79.4 cm³/mol. The van der Waals surface area contributed by atoms with E-state index in [9.17, 15) is 9.59 Å². The summed E-state index contributed by atoms with van der Waals surface area (Å²) in [6.45, 7) is 1.30. The topological polar surface area (TPSA) is 87.5 Å². The maximum atomic E-state index is 11.4. The summed E-state index contributed by atoms with van der Waals surface area (Å²) in [5, 5.41) is 5.17. The molecule has 0 saturated carbocycles. The molecule has 6 heteroatoms. The summed E-state index contributed by atoms with van der Waals surface area (Å²) in [4.78, 5) is 24.4. The van der Waals surface area contributed by atoms with Crippen LogP contribution in [0.3, 0.4) is 0 Å². The standard InChI is InChI=1S/C14H22N4O2/c1-18(12-6-3-2-4-7-12)9-5-8-16-14(20)11-17-13(19)10-15/h2-4,6-7H,5,8-11,15H2,1H3,(H,16,20)(H,17,19). The third-order valence-electron chi connectivity index (χ3n) is 2.82. The molecule has 4 N–H and O–H groups in total. The second kappa shape index (κ2) is 8.92. The van der Waals surface area contributed by atoms with E-state index in [1.54, 1.807) is 0 Å². The molecular formula is C14H22N4O2. The van der Waals surface area contributed by atoms with E-state index >= 15 is 0 Å². The molecule has 1 aromatic rings. The van der Waals surface area contributed by atoms with Crippen molar-refractivity contribution in [1.29, 1.82) is 0 Å². The van der Waals surface area contributed by atoms with Crippen molar-refractivity contribution in [2.45, 2.75) is 6.42 Å². The summed E-state index contributed by atoms with van der Waals surface area (Å²) >= 11 is 0. The Labute approximate surface area is 119 Å². The molecule has 110 valence electrons. The van der Waals surface area contributed by atoms with Crippen molar-refractivity contribution in [3.63, 3.8) is 0 Å². The van der Waals surface area contributed by atoms with E-state index in [2.05, 4.69) is 15.5 Å². The van der Waals surface area contributed by atoms with Gasteiger partial charge in [0.05, 0.1) is 13.1 Å². The summed E-state index contributed by atoms with van der Waals surface area (Å²) in [6.07, 6.45) is 0.835. The fraction of sp³-hybridized carbons (Fsp3) is 0.429. The Bertz CT molecular complexity index is 422. The van der Waals surface area contributed by atoms with Crippen LogP contribution in [0.2, 0.25) is 0 Å². The summed E-state index contributed by atoms with van der Waals surface area (Å²) in [5.74, 6) is -0.530. The minimum atomic E-state index is -0.330. The zero-order valence-corrected chi connectivity index (χ0v) is 11.8. The summed E-state index contributed by atoms with van der Waals surface area (Å²) in [6, 6.07) is 10.1. The number of hydrogen-bond donors (Lipinski definition) is 3. The van der Waals surface area contributed by atoms with Gasteiger partial charge in [0, 0.05) is 25.8 Å². The number of amides is 2. The highest BCUT2D eigenvalue weighted by Gasteiger charge is 2.04. The van der Waals surface area contributed by atoms with Crippen LogP contribution in [-0.2, 0) is 9.59 Å². The van der Waals surface area contributed by atoms with E-state index in [-0.39, 0.29) is 24.9 Å². The van der Waals surface area contributed by atoms with Gasteiger partial charge in [0.1, 0.15) is 0 Å². The van der Waals surface area contributed by atoms with Crippen molar-refractivity contribution in [3.8, 4) is 0 Å². The maximum absolute atomic E-state index is 11.4. The van der Waals surface area contributed by atoms with Gasteiger partial charge in [0.15, 0.2) is 0 Å². The third-order valence-corrected chi connectivity index (χ3v) is 2.82. The highest BCUT2D eigenvalue weighted by molar-refractivity contribution is 5.85. The molecule has 6 nitrogen and oxygen atoms in total. The average molecular weight is 278 g/mol. The van der Waals surface area contributed by atoms with E-state index in [0.717, 1.165) is 18.7 Å². The number of benzene rings is 1. The van der Waals surface area contributed by atoms with Crippen molar-refractivity contribution >= 4 is 17.5 Å². The largest absolute Gasteiger partial charge is 0.375 e.